The lowest BCUT2D eigenvalue weighted by molar-refractivity contribution is -0.122. The number of Topliss-reactive ketones (excluding diaryl/α,β-unsaturated/α-hetero) is 2. The van der Waals surface area contributed by atoms with Gasteiger partial charge in [0.1, 0.15) is 17.3 Å². The van der Waals surface area contributed by atoms with Crippen LogP contribution in [0, 0.1) is 5.92 Å². The molecule has 0 saturated heterocycles. The average Bonchev–Trinajstić information content (AvgIpc) is 2.60. The smallest absolute Gasteiger partial charge is 0.217 e. The second kappa shape index (κ2) is 6.40. The van der Waals surface area contributed by atoms with Crippen molar-refractivity contribution in [3.63, 3.8) is 0 Å². The number of aromatic nitrogens is 2. The molecule has 1 amide bonds. The number of allylic oxidation sites excluding steroid dienone is 1. The molecule has 1 heterocycles. The topological polar surface area (TPSA) is 155 Å². The average molecular weight is 339 g/mol. The van der Waals surface area contributed by atoms with E-state index in [1.165, 1.54) is 6.08 Å². The minimum Gasteiger partial charge on any atom is -0.397 e. The van der Waals surface area contributed by atoms with Crippen LogP contribution in [0.5, 0.6) is 0 Å². The molecule has 128 valence electrons. The molecule has 0 bridgehead atoms. The molecule has 25 heavy (non-hydrogen) atoms. The summed E-state index contributed by atoms with van der Waals surface area (Å²) in [5.41, 5.74) is 18.5. The van der Waals surface area contributed by atoms with Crippen molar-refractivity contribution in [2.45, 2.75) is 18.9 Å². The maximum Gasteiger partial charge on any atom is 0.217 e. The SMILES string of the molecule is NC(=O)CC[C@H](N)C(=O)C1C=C(N)c2nc3ccccc3nc2C1=O. The van der Waals surface area contributed by atoms with Gasteiger partial charge in [0.05, 0.1) is 22.8 Å². The number of benzene rings is 1. The van der Waals surface area contributed by atoms with E-state index in [1.807, 2.05) is 0 Å². The Morgan fingerprint density at radius 3 is 2.32 bits per heavy atom. The first-order chi connectivity index (χ1) is 11.9. The number of para-hydroxylation sites is 2. The zero-order chi connectivity index (χ0) is 18.1. The number of hydrogen-bond acceptors (Lipinski definition) is 7. The number of fused-ring (bicyclic) bond motifs is 2. The lowest BCUT2D eigenvalue weighted by atomic mass is 9.85. The molecule has 1 aromatic heterocycles. The molecular formula is C17H17N5O3. The van der Waals surface area contributed by atoms with Crippen molar-refractivity contribution in [2.24, 2.45) is 23.1 Å². The number of ketones is 2. The molecule has 0 spiro atoms. The number of primary amides is 1. The van der Waals surface area contributed by atoms with Crippen LogP contribution in [0.15, 0.2) is 30.3 Å². The number of nitrogens with two attached hydrogens (primary N) is 3. The zero-order valence-electron chi connectivity index (χ0n) is 13.3. The lowest BCUT2D eigenvalue weighted by Crippen LogP contribution is -2.41. The van der Waals surface area contributed by atoms with Crippen molar-refractivity contribution in [3.8, 4) is 0 Å². The van der Waals surface area contributed by atoms with Crippen LogP contribution in [0.2, 0.25) is 0 Å². The summed E-state index contributed by atoms with van der Waals surface area (Å²) in [5, 5.41) is 0. The molecular weight excluding hydrogens is 322 g/mol. The third kappa shape index (κ3) is 3.11. The van der Waals surface area contributed by atoms with Crippen molar-refractivity contribution in [1.29, 1.82) is 0 Å². The second-order valence-electron chi connectivity index (χ2n) is 5.89. The van der Waals surface area contributed by atoms with Gasteiger partial charge < -0.3 is 17.2 Å². The first kappa shape index (κ1) is 16.7. The number of carbonyl (C=O) groups excluding carboxylic acids is 3. The van der Waals surface area contributed by atoms with Crippen LogP contribution < -0.4 is 17.2 Å². The monoisotopic (exact) mass is 339 g/mol. The summed E-state index contributed by atoms with van der Waals surface area (Å²) in [7, 11) is 0. The minimum absolute atomic E-state index is 0.0337. The summed E-state index contributed by atoms with van der Waals surface area (Å²) in [6.45, 7) is 0. The van der Waals surface area contributed by atoms with Crippen LogP contribution in [0.3, 0.4) is 0 Å². The fourth-order valence-corrected chi connectivity index (χ4v) is 2.74. The van der Waals surface area contributed by atoms with E-state index < -0.39 is 29.4 Å². The van der Waals surface area contributed by atoms with Crippen molar-refractivity contribution in [3.05, 3.63) is 41.7 Å². The van der Waals surface area contributed by atoms with Crippen LogP contribution in [0.4, 0.5) is 0 Å². The maximum absolute atomic E-state index is 12.7. The fraction of sp³-hybridized carbons (Fsp3) is 0.235. The van der Waals surface area contributed by atoms with Gasteiger partial charge in [-0.25, -0.2) is 9.97 Å². The standard InChI is InChI=1S/C17H17N5O3/c18-9(5-6-13(20)23)16(24)8-7-10(19)14-15(17(8)25)22-12-4-2-1-3-11(12)21-14/h1-4,7-9H,5-6,18-19H2,(H2,20,23)/t8?,9-/m0/s1. The highest BCUT2D eigenvalue weighted by Gasteiger charge is 2.36. The van der Waals surface area contributed by atoms with Gasteiger partial charge in [-0.2, -0.15) is 0 Å². The molecule has 2 atom stereocenters. The van der Waals surface area contributed by atoms with Gasteiger partial charge in [0.2, 0.25) is 5.91 Å². The molecule has 6 N–H and O–H groups in total. The van der Waals surface area contributed by atoms with Crippen molar-refractivity contribution in [1.82, 2.24) is 9.97 Å². The quantitative estimate of drug-likeness (QED) is 0.642. The van der Waals surface area contributed by atoms with E-state index in [1.54, 1.807) is 24.3 Å². The van der Waals surface area contributed by atoms with Crippen LogP contribution in [0.1, 0.15) is 29.0 Å². The maximum atomic E-state index is 12.7. The molecule has 8 heteroatoms. The molecule has 8 nitrogen and oxygen atoms in total. The minimum atomic E-state index is -1.13. The number of amides is 1. The van der Waals surface area contributed by atoms with Gasteiger partial charge in [-0.05, 0) is 24.6 Å². The largest absolute Gasteiger partial charge is 0.397 e. The molecule has 0 fully saturated rings. The normalized spacial score (nSPS) is 17.7. The first-order valence-electron chi connectivity index (χ1n) is 7.74. The number of nitrogens with zero attached hydrogens (tertiary/aromatic N) is 2. The molecule has 3 rings (SSSR count). The highest BCUT2D eigenvalue weighted by atomic mass is 16.2. The van der Waals surface area contributed by atoms with Crippen molar-refractivity contribution in [2.75, 3.05) is 0 Å². The van der Waals surface area contributed by atoms with E-state index in [0.717, 1.165) is 0 Å². The molecule has 2 aromatic rings. The molecule has 0 radical (unpaired) electrons. The Morgan fingerprint density at radius 2 is 1.72 bits per heavy atom. The van der Waals surface area contributed by atoms with Crippen LogP contribution in [0.25, 0.3) is 16.7 Å². The Hall–Kier alpha value is -3.13. The highest BCUT2D eigenvalue weighted by molar-refractivity contribution is 6.17. The van der Waals surface area contributed by atoms with Crippen LogP contribution in [-0.4, -0.2) is 33.5 Å². The predicted octanol–water partition coefficient (Wildman–Crippen LogP) is -0.0962. The molecule has 1 aromatic carbocycles. The van der Waals surface area contributed by atoms with E-state index in [9.17, 15) is 14.4 Å². The summed E-state index contributed by atoms with van der Waals surface area (Å²) in [4.78, 5) is 44.7. The number of rotatable bonds is 5. The van der Waals surface area contributed by atoms with Gasteiger partial charge in [0.25, 0.3) is 0 Å². The van der Waals surface area contributed by atoms with Gasteiger partial charge >= 0.3 is 0 Å². The van der Waals surface area contributed by atoms with Crippen LogP contribution >= 0.6 is 0 Å². The predicted molar refractivity (Wildman–Crippen MR) is 90.9 cm³/mol. The van der Waals surface area contributed by atoms with E-state index in [4.69, 9.17) is 17.2 Å². The second-order valence-corrected chi connectivity index (χ2v) is 5.89. The van der Waals surface area contributed by atoms with Gasteiger partial charge in [-0.1, -0.05) is 12.1 Å². The number of carbonyl (C=O) groups is 3. The van der Waals surface area contributed by atoms with E-state index in [2.05, 4.69) is 9.97 Å². The summed E-state index contributed by atoms with van der Waals surface area (Å²) in [6, 6.07) is 6.08. The third-order valence-electron chi connectivity index (χ3n) is 4.08. The summed E-state index contributed by atoms with van der Waals surface area (Å²) in [6.07, 6.45) is 1.39. The van der Waals surface area contributed by atoms with Crippen molar-refractivity contribution >= 4 is 34.2 Å². The Labute approximate surface area is 143 Å². The summed E-state index contributed by atoms with van der Waals surface area (Å²) < 4.78 is 0. The first-order valence-corrected chi connectivity index (χ1v) is 7.74. The number of hydrogen-bond donors (Lipinski definition) is 3. The lowest BCUT2D eigenvalue weighted by Gasteiger charge is -2.21. The Kier molecular flexibility index (Phi) is 4.28. The van der Waals surface area contributed by atoms with Gasteiger partial charge in [-0.15, -0.1) is 0 Å². The third-order valence-corrected chi connectivity index (χ3v) is 4.08. The fourth-order valence-electron chi connectivity index (χ4n) is 2.74. The highest BCUT2D eigenvalue weighted by Crippen LogP contribution is 2.27. The van der Waals surface area contributed by atoms with Crippen LogP contribution in [-0.2, 0) is 9.59 Å². The van der Waals surface area contributed by atoms with Gasteiger partial charge in [-0.3, -0.25) is 14.4 Å². The van der Waals surface area contributed by atoms with Gasteiger partial charge in [0.15, 0.2) is 11.6 Å². The molecule has 1 aliphatic carbocycles. The van der Waals surface area contributed by atoms with Gasteiger partial charge in [0, 0.05) is 6.42 Å². The summed E-state index contributed by atoms with van der Waals surface area (Å²) >= 11 is 0. The Bertz CT molecular complexity index is 922. The van der Waals surface area contributed by atoms with E-state index in [0.29, 0.717) is 11.0 Å². The summed E-state index contributed by atoms with van der Waals surface area (Å²) in [5.74, 6) is -2.71. The molecule has 0 saturated carbocycles. The molecule has 1 unspecified atom stereocenters. The molecule has 1 aliphatic rings. The van der Waals surface area contributed by atoms with E-state index in [-0.39, 0.29) is 29.9 Å². The van der Waals surface area contributed by atoms with Crippen molar-refractivity contribution < 1.29 is 14.4 Å². The Morgan fingerprint density at radius 1 is 1.12 bits per heavy atom. The van der Waals surface area contributed by atoms with E-state index >= 15 is 0 Å². The molecule has 0 aliphatic heterocycles. The Balaban J connectivity index is 1.95. The zero-order valence-corrected chi connectivity index (χ0v) is 13.3.